The van der Waals surface area contributed by atoms with Gasteiger partial charge in [0.1, 0.15) is 6.54 Å². The highest BCUT2D eigenvalue weighted by Crippen LogP contribution is 2.25. The van der Waals surface area contributed by atoms with E-state index in [4.69, 9.17) is 11.6 Å². The Labute approximate surface area is 171 Å². The van der Waals surface area contributed by atoms with E-state index < -0.39 is 22.5 Å². The van der Waals surface area contributed by atoms with E-state index in [1.165, 1.54) is 12.1 Å². The summed E-state index contributed by atoms with van der Waals surface area (Å²) in [5, 5.41) is 4.56. The Morgan fingerprint density at radius 1 is 1.14 bits per heavy atom. The maximum absolute atomic E-state index is 13.1. The van der Waals surface area contributed by atoms with Crippen LogP contribution in [0, 0.1) is 5.92 Å². The number of nitrogens with zero attached hydrogens (tertiary/aromatic N) is 2. The Balaban J connectivity index is 2.32. The number of amides is 1. The van der Waals surface area contributed by atoms with Gasteiger partial charge >= 0.3 is 0 Å². The van der Waals surface area contributed by atoms with Crippen molar-refractivity contribution in [1.82, 2.24) is 5.43 Å². The lowest BCUT2D eigenvalue weighted by Crippen LogP contribution is -2.39. The molecule has 2 aromatic rings. The summed E-state index contributed by atoms with van der Waals surface area (Å²) >= 11 is 5.92. The second-order valence-corrected chi connectivity index (χ2v) is 8.70. The average molecular weight is 422 g/mol. The van der Waals surface area contributed by atoms with Crippen LogP contribution in [0.4, 0.5) is 5.69 Å². The number of carbonyl (C=O) groups excluding carboxylic acids is 1. The number of nitrogens with one attached hydrogen (secondary N) is 1. The highest BCUT2D eigenvalue weighted by molar-refractivity contribution is 7.92. The summed E-state index contributed by atoms with van der Waals surface area (Å²) in [7, 11) is -3.94. The molecule has 0 aliphatic carbocycles. The molecule has 8 heteroatoms. The molecule has 150 valence electrons. The van der Waals surface area contributed by atoms with Crippen molar-refractivity contribution in [2.45, 2.75) is 32.1 Å². The average Bonchev–Trinajstić information content (AvgIpc) is 2.71. The quantitative estimate of drug-likeness (QED) is 0.515. The molecule has 1 amide bonds. The standard InChI is InChI=1S/C20H24ClN3O3S/c1-4-15(2)16(3)22-23-20(25)14-24(18-12-10-17(21)11-13-18)28(26,27)19-8-6-5-7-9-19/h5-13,15H,4,14H2,1-3H3,(H,23,25)/b22-16-/t15-/m1/s1. The number of sulfonamides is 1. The van der Waals surface area contributed by atoms with E-state index in [0.717, 1.165) is 16.4 Å². The zero-order valence-corrected chi connectivity index (χ0v) is 17.7. The van der Waals surface area contributed by atoms with Crippen molar-refractivity contribution in [3.8, 4) is 0 Å². The van der Waals surface area contributed by atoms with E-state index in [-0.39, 0.29) is 10.8 Å². The fraction of sp³-hybridized carbons (Fsp3) is 0.300. The largest absolute Gasteiger partial charge is 0.271 e. The Bertz CT molecular complexity index is 929. The molecule has 0 saturated heterocycles. The summed E-state index contributed by atoms with van der Waals surface area (Å²) < 4.78 is 27.3. The summed E-state index contributed by atoms with van der Waals surface area (Å²) in [6, 6.07) is 14.2. The number of rotatable bonds is 8. The number of anilines is 1. The van der Waals surface area contributed by atoms with Gasteiger partial charge in [0.2, 0.25) is 0 Å². The molecule has 28 heavy (non-hydrogen) atoms. The predicted octanol–water partition coefficient (Wildman–Crippen LogP) is 4.07. The summed E-state index contributed by atoms with van der Waals surface area (Å²) in [4.78, 5) is 12.5. The van der Waals surface area contributed by atoms with Gasteiger partial charge in [-0.25, -0.2) is 13.8 Å². The van der Waals surface area contributed by atoms with Crippen LogP contribution in [0.1, 0.15) is 27.2 Å². The van der Waals surface area contributed by atoms with Crippen LogP contribution in [0.2, 0.25) is 5.02 Å². The molecule has 0 bridgehead atoms. The molecule has 0 fully saturated rings. The molecular weight excluding hydrogens is 398 g/mol. The zero-order valence-electron chi connectivity index (χ0n) is 16.1. The first kappa shape index (κ1) is 21.9. The first-order valence-electron chi connectivity index (χ1n) is 8.92. The molecule has 0 aromatic heterocycles. The maximum atomic E-state index is 13.1. The van der Waals surface area contributed by atoms with E-state index in [9.17, 15) is 13.2 Å². The van der Waals surface area contributed by atoms with Crippen molar-refractivity contribution >= 4 is 38.9 Å². The van der Waals surface area contributed by atoms with Crippen LogP contribution in [-0.4, -0.2) is 26.6 Å². The first-order valence-corrected chi connectivity index (χ1v) is 10.7. The van der Waals surface area contributed by atoms with Gasteiger partial charge in [0.25, 0.3) is 15.9 Å². The van der Waals surface area contributed by atoms with Gasteiger partial charge in [-0.15, -0.1) is 0 Å². The van der Waals surface area contributed by atoms with E-state index in [2.05, 4.69) is 10.5 Å². The molecule has 1 N–H and O–H groups in total. The van der Waals surface area contributed by atoms with Crippen molar-refractivity contribution in [2.24, 2.45) is 11.0 Å². The van der Waals surface area contributed by atoms with Gasteiger partial charge in [-0.2, -0.15) is 5.10 Å². The Kier molecular flexibility index (Phi) is 7.60. The van der Waals surface area contributed by atoms with Gasteiger partial charge in [0.05, 0.1) is 10.6 Å². The first-order chi connectivity index (χ1) is 13.3. The van der Waals surface area contributed by atoms with Crippen LogP contribution < -0.4 is 9.73 Å². The fourth-order valence-electron chi connectivity index (χ4n) is 2.36. The summed E-state index contributed by atoms with van der Waals surface area (Å²) in [5.74, 6) is -0.308. The smallest absolute Gasteiger partial charge is 0.264 e. The fourth-order valence-corrected chi connectivity index (χ4v) is 3.93. The van der Waals surface area contributed by atoms with Gasteiger partial charge in [-0.05, 0) is 55.7 Å². The molecule has 0 aliphatic rings. The van der Waals surface area contributed by atoms with Gasteiger partial charge in [-0.3, -0.25) is 9.10 Å². The minimum Gasteiger partial charge on any atom is -0.271 e. The predicted molar refractivity (Wildman–Crippen MR) is 113 cm³/mol. The summed E-state index contributed by atoms with van der Waals surface area (Å²) in [6.07, 6.45) is 0.893. The van der Waals surface area contributed by atoms with Crippen molar-refractivity contribution in [3.05, 3.63) is 59.6 Å². The van der Waals surface area contributed by atoms with E-state index in [1.807, 2.05) is 20.8 Å². The molecule has 0 spiro atoms. The van der Waals surface area contributed by atoms with Crippen LogP contribution in [-0.2, 0) is 14.8 Å². The highest BCUT2D eigenvalue weighted by atomic mass is 35.5. The molecule has 0 unspecified atom stereocenters. The van der Waals surface area contributed by atoms with Gasteiger partial charge < -0.3 is 0 Å². The second-order valence-electron chi connectivity index (χ2n) is 6.40. The highest BCUT2D eigenvalue weighted by Gasteiger charge is 2.27. The minimum absolute atomic E-state index is 0.0945. The Hall–Kier alpha value is -2.38. The van der Waals surface area contributed by atoms with E-state index in [0.29, 0.717) is 10.7 Å². The van der Waals surface area contributed by atoms with Crippen molar-refractivity contribution in [3.63, 3.8) is 0 Å². The lowest BCUT2D eigenvalue weighted by molar-refractivity contribution is -0.119. The normalized spacial score (nSPS) is 13.1. The maximum Gasteiger partial charge on any atom is 0.264 e. The van der Waals surface area contributed by atoms with Gasteiger partial charge in [0, 0.05) is 10.7 Å². The number of hydrogen-bond acceptors (Lipinski definition) is 4. The minimum atomic E-state index is -3.94. The topological polar surface area (TPSA) is 78.8 Å². The van der Waals surface area contributed by atoms with Crippen LogP contribution in [0.5, 0.6) is 0 Å². The van der Waals surface area contributed by atoms with Crippen LogP contribution >= 0.6 is 11.6 Å². The number of benzene rings is 2. The molecular formula is C20H24ClN3O3S. The zero-order chi connectivity index (χ0) is 20.7. The Morgan fingerprint density at radius 3 is 2.32 bits per heavy atom. The van der Waals surface area contributed by atoms with Crippen molar-refractivity contribution in [2.75, 3.05) is 10.8 Å². The van der Waals surface area contributed by atoms with Gasteiger partial charge in [0.15, 0.2) is 0 Å². The molecule has 2 rings (SSSR count). The van der Waals surface area contributed by atoms with E-state index in [1.54, 1.807) is 42.5 Å². The third kappa shape index (κ3) is 5.56. The number of hydrogen-bond donors (Lipinski definition) is 1. The lowest BCUT2D eigenvalue weighted by Gasteiger charge is -2.23. The number of hydrazone groups is 1. The summed E-state index contributed by atoms with van der Waals surface area (Å²) in [5.41, 5.74) is 3.57. The molecule has 6 nitrogen and oxygen atoms in total. The van der Waals surface area contributed by atoms with Crippen LogP contribution in [0.3, 0.4) is 0 Å². The van der Waals surface area contributed by atoms with Crippen molar-refractivity contribution < 1.29 is 13.2 Å². The molecule has 0 aliphatic heterocycles. The van der Waals surface area contributed by atoms with Gasteiger partial charge in [-0.1, -0.05) is 43.6 Å². The molecule has 2 aromatic carbocycles. The SMILES string of the molecule is CC[C@@H](C)/C(C)=N\NC(=O)CN(c1ccc(Cl)cc1)S(=O)(=O)c1ccccc1. The molecule has 0 heterocycles. The van der Waals surface area contributed by atoms with E-state index >= 15 is 0 Å². The van der Waals surface area contributed by atoms with Crippen molar-refractivity contribution in [1.29, 1.82) is 0 Å². The molecule has 1 atom stereocenters. The lowest BCUT2D eigenvalue weighted by atomic mass is 10.1. The molecule has 0 saturated carbocycles. The summed E-state index contributed by atoms with van der Waals surface area (Å²) in [6.45, 7) is 5.45. The Morgan fingerprint density at radius 2 is 1.75 bits per heavy atom. The molecule has 0 radical (unpaired) electrons. The van der Waals surface area contributed by atoms with Crippen LogP contribution in [0.15, 0.2) is 64.6 Å². The number of halogens is 1. The third-order valence-electron chi connectivity index (χ3n) is 4.42. The van der Waals surface area contributed by atoms with Crippen LogP contribution in [0.25, 0.3) is 0 Å². The second kappa shape index (κ2) is 9.71. The third-order valence-corrected chi connectivity index (χ3v) is 6.46. The monoisotopic (exact) mass is 421 g/mol. The number of carbonyl (C=O) groups is 1.